The summed E-state index contributed by atoms with van der Waals surface area (Å²) in [6, 6.07) is 5.77. The van der Waals surface area contributed by atoms with Crippen molar-refractivity contribution in [2.24, 2.45) is 0 Å². The van der Waals surface area contributed by atoms with E-state index in [0.29, 0.717) is 23.8 Å². The minimum absolute atomic E-state index is 0.259. The summed E-state index contributed by atoms with van der Waals surface area (Å²) in [7, 11) is 0. The molecule has 0 bridgehead atoms. The number of carbonyl (C=O) groups is 1. The van der Waals surface area contributed by atoms with Gasteiger partial charge in [0.2, 0.25) is 0 Å². The highest BCUT2D eigenvalue weighted by atomic mass is 32.1. The maximum atomic E-state index is 12.6. The van der Waals surface area contributed by atoms with E-state index >= 15 is 0 Å². The summed E-state index contributed by atoms with van der Waals surface area (Å²) in [6.45, 7) is 2.73. The molecule has 0 atom stereocenters. The Labute approximate surface area is 169 Å². The lowest BCUT2D eigenvalue weighted by atomic mass is 9.96. The van der Waals surface area contributed by atoms with Gasteiger partial charge in [-0.05, 0) is 62.5 Å². The lowest BCUT2D eigenvalue weighted by Crippen LogP contribution is -2.28. The van der Waals surface area contributed by atoms with Crippen molar-refractivity contribution in [1.29, 1.82) is 0 Å². The Morgan fingerprint density at radius 2 is 2.07 bits per heavy atom. The molecule has 27 heavy (non-hydrogen) atoms. The minimum Gasteiger partial charge on any atom is -0.462 e. The van der Waals surface area contributed by atoms with Crippen molar-refractivity contribution in [3.05, 3.63) is 46.1 Å². The fourth-order valence-corrected chi connectivity index (χ4v) is 4.77. The number of hydrogen-bond acceptors (Lipinski definition) is 5. The van der Waals surface area contributed by atoms with Crippen molar-refractivity contribution in [2.45, 2.75) is 52.0 Å². The Morgan fingerprint density at radius 1 is 1.26 bits per heavy atom. The molecule has 0 aliphatic heterocycles. The van der Waals surface area contributed by atoms with E-state index in [1.807, 2.05) is 25.1 Å². The molecule has 2 aromatic rings. The van der Waals surface area contributed by atoms with Crippen molar-refractivity contribution in [1.82, 2.24) is 10.3 Å². The fourth-order valence-electron chi connectivity index (χ4n) is 3.25. The van der Waals surface area contributed by atoms with Crippen LogP contribution in [0.1, 0.15) is 59.1 Å². The molecule has 0 radical (unpaired) electrons. The zero-order valence-electron chi connectivity index (χ0n) is 15.5. The number of rotatable bonds is 5. The number of thiocarbonyl (C=S) groups is 1. The highest BCUT2D eigenvalue weighted by Gasteiger charge is 2.25. The van der Waals surface area contributed by atoms with Gasteiger partial charge in [0.15, 0.2) is 5.11 Å². The normalized spacial score (nSPS) is 13.8. The van der Waals surface area contributed by atoms with Crippen LogP contribution in [-0.2, 0) is 24.1 Å². The van der Waals surface area contributed by atoms with E-state index in [1.54, 1.807) is 17.5 Å². The van der Waals surface area contributed by atoms with E-state index in [0.717, 1.165) is 41.9 Å². The average Bonchev–Trinajstić information content (AvgIpc) is 2.97. The predicted octanol–water partition coefficient (Wildman–Crippen LogP) is 4.47. The molecule has 7 heteroatoms. The molecule has 2 aromatic heterocycles. The molecule has 5 nitrogen and oxygen atoms in total. The number of anilines is 1. The van der Waals surface area contributed by atoms with Crippen LogP contribution in [0.2, 0.25) is 0 Å². The number of esters is 1. The summed E-state index contributed by atoms with van der Waals surface area (Å²) in [6.07, 6.45) is 8.43. The maximum Gasteiger partial charge on any atom is 0.341 e. The van der Waals surface area contributed by atoms with Gasteiger partial charge >= 0.3 is 5.97 Å². The van der Waals surface area contributed by atoms with Crippen LogP contribution in [0.25, 0.3) is 0 Å². The average molecular weight is 404 g/mol. The van der Waals surface area contributed by atoms with Gasteiger partial charge in [0.05, 0.1) is 24.4 Å². The smallest absolute Gasteiger partial charge is 0.341 e. The minimum atomic E-state index is -0.259. The van der Waals surface area contributed by atoms with Crippen molar-refractivity contribution in [2.75, 3.05) is 11.9 Å². The molecular formula is C20H25N3O2S2. The van der Waals surface area contributed by atoms with Crippen molar-refractivity contribution < 1.29 is 9.53 Å². The van der Waals surface area contributed by atoms with Crippen LogP contribution < -0.4 is 10.6 Å². The number of thiophene rings is 1. The van der Waals surface area contributed by atoms with Crippen LogP contribution in [0.15, 0.2) is 24.4 Å². The molecule has 144 valence electrons. The molecule has 0 unspecified atom stereocenters. The zero-order valence-corrected chi connectivity index (χ0v) is 17.2. The van der Waals surface area contributed by atoms with E-state index in [1.165, 1.54) is 17.7 Å². The molecule has 1 aliphatic rings. The number of carbonyl (C=O) groups excluding carboxylic acids is 1. The molecule has 1 aliphatic carbocycles. The Bertz CT molecular complexity index is 790. The van der Waals surface area contributed by atoms with Gasteiger partial charge in [-0.2, -0.15) is 0 Å². The van der Waals surface area contributed by atoms with E-state index in [2.05, 4.69) is 15.6 Å². The van der Waals surface area contributed by atoms with Gasteiger partial charge < -0.3 is 15.4 Å². The lowest BCUT2D eigenvalue weighted by Gasteiger charge is -2.12. The van der Waals surface area contributed by atoms with Gasteiger partial charge in [-0.15, -0.1) is 11.3 Å². The topological polar surface area (TPSA) is 63.2 Å². The van der Waals surface area contributed by atoms with Crippen LogP contribution in [-0.4, -0.2) is 22.7 Å². The summed E-state index contributed by atoms with van der Waals surface area (Å²) in [5.41, 5.74) is 2.72. The van der Waals surface area contributed by atoms with E-state index < -0.39 is 0 Å². The second kappa shape index (κ2) is 9.80. The quantitative estimate of drug-likeness (QED) is 0.567. The summed E-state index contributed by atoms with van der Waals surface area (Å²) in [5.74, 6) is -0.259. The largest absolute Gasteiger partial charge is 0.462 e. The number of hydrogen-bond donors (Lipinski definition) is 2. The third-order valence-corrected chi connectivity index (χ3v) is 5.99. The van der Waals surface area contributed by atoms with Crippen LogP contribution in [0.3, 0.4) is 0 Å². The Hall–Kier alpha value is -1.99. The Morgan fingerprint density at radius 3 is 2.81 bits per heavy atom. The highest BCUT2D eigenvalue weighted by molar-refractivity contribution is 7.80. The van der Waals surface area contributed by atoms with Gasteiger partial charge in [0.1, 0.15) is 5.00 Å². The maximum absolute atomic E-state index is 12.6. The number of nitrogens with one attached hydrogen (secondary N) is 2. The van der Waals surface area contributed by atoms with E-state index in [9.17, 15) is 4.79 Å². The molecule has 2 heterocycles. The monoisotopic (exact) mass is 403 g/mol. The number of aromatic nitrogens is 1. The third-order valence-electron chi connectivity index (χ3n) is 4.53. The SMILES string of the molecule is CCOC(=O)c1c(NC(=S)NCc2ccccn2)sc2c1CCCCCC2. The second-order valence-corrected chi connectivity index (χ2v) is 7.98. The van der Waals surface area contributed by atoms with Crippen LogP contribution >= 0.6 is 23.6 Å². The highest BCUT2D eigenvalue weighted by Crippen LogP contribution is 2.37. The first-order valence-corrected chi connectivity index (χ1v) is 10.7. The van der Waals surface area contributed by atoms with Gasteiger partial charge in [-0.3, -0.25) is 4.98 Å². The van der Waals surface area contributed by atoms with Crippen molar-refractivity contribution >= 4 is 39.6 Å². The first kappa shape index (κ1) is 19.8. The molecular weight excluding hydrogens is 378 g/mol. The standard InChI is InChI=1S/C20H25N3O2S2/c1-2-25-19(24)17-15-10-5-3-4-6-11-16(15)27-18(17)23-20(26)22-13-14-9-7-8-12-21-14/h7-9,12H,2-6,10-11,13H2,1H3,(H2,22,23,26). The van der Waals surface area contributed by atoms with Crippen molar-refractivity contribution in [3.63, 3.8) is 0 Å². The molecule has 0 spiro atoms. The van der Waals surface area contributed by atoms with Gasteiger partial charge in [0, 0.05) is 11.1 Å². The molecule has 0 saturated heterocycles. The van der Waals surface area contributed by atoms with Crippen LogP contribution in [0.4, 0.5) is 5.00 Å². The Kier molecular flexibility index (Phi) is 7.18. The van der Waals surface area contributed by atoms with Crippen LogP contribution in [0.5, 0.6) is 0 Å². The summed E-state index contributed by atoms with van der Waals surface area (Å²) in [4.78, 5) is 18.2. The molecule has 0 fully saturated rings. The fraction of sp³-hybridized carbons (Fsp3) is 0.450. The summed E-state index contributed by atoms with van der Waals surface area (Å²) < 4.78 is 5.33. The summed E-state index contributed by atoms with van der Waals surface area (Å²) >= 11 is 7.08. The van der Waals surface area contributed by atoms with Gasteiger partial charge in [-0.1, -0.05) is 18.9 Å². The lowest BCUT2D eigenvalue weighted by molar-refractivity contribution is 0.0526. The number of fused-ring (bicyclic) bond motifs is 1. The number of nitrogens with zero attached hydrogens (tertiary/aromatic N) is 1. The van der Waals surface area contributed by atoms with Gasteiger partial charge in [0.25, 0.3) is 0 Å². The zero-order chi connectivity index (χ0) is 19.1. The second-order valence-electron chi connectivity index (χ2n) is 6.47. The molecule has 2 N–H and O–H groups in total. The first-order valence-electron chi connectivity index (χ1n) is 9.45. The molecule has 3 rings (SSSR count). The van der Waals surface area contributed by atoms with Crippen LogP contribution in [0, 0.1) is 0 Å². The molecule has 0 saturated carbocycles. The molecule has 0 amide bonds. The molecule has 0 aromatic carbocycles. The Balaban J connectivity index is 1.77. The number of pyridine rings is 1. The van der Waals surface area contributed by atoms with Crippen molar-refractivity contribution in [3.8, 4) is 0 Å². The number of ether oxygens (including phenoxy) is 1. The third kappa shape index (κ3) is 5.26. The summed E-state index contributed by atoms with van der Waals surface area (Å²) in [5, 5.41) is 7.67. The van der Waals surface area contributed by atoms with E-state index in [4.69, 9.17) is 17.0 Å². The predicted molar refractivity (Wildman–Crippen MR) is 113 cm³/mol. The number of aryl methyl sites for hydroxylation is 1. The van der Waals surface area contributed by atoms with E-state index in [-0.39, 0.29) is 5.97 Å². The van der Waals surface area contributed by atoms with Gasteiger partial charge in [-0.25, -0.2) is 4.79 Å². The first-order chi connectivity index (χ1) is 13.2.